The summed E-state index contributed by atoms with van der Waals surface area (Å²) >= 11 is 0. The second-order valence-corrected chi connectivity index (χ2v) is 5.91. The first-order valence-electron chi connectivity index (χ1n) is 7.77. The predicted molar refractivity (Wildman–Crippen MR) is 83.9 cm³/mol. The van der Waals surface area contributed by atoms with Crippen LogP contribution in [-0.2, 0) is 0 Å². The van der Waals surface area contributed by atoms with E-state index in [0.29, 0.717) is 5.92 Å². The van der Waals surface area contributed by atoms with Crippen LogP contribution in [-0.4, -0.2) is 32.0 Å². The zero-order valence-electron chi connectivity index (χ0n) is 13.3. The lowest BCUT2D eigenvalue weighted by Crippen LogP contribution is -2.29. The van der Waals surface area contributed by atoms with Crippen LogP contribution in [0.3, 0.4) is 0 Å². The molecule has 1 unspecified atom stereocenters. The fourth-order valence-electron chi connectivity index (χ4n) is 2.98. The average molecular weight is 293 g/mol. The van der Waals surface area contributed by atoms with Crippen LogP contribution in [0.1, 0.15) is 44.2 Å². The standard InChI is InChI=1S/C17H27NO3/c1-12(18-11-13-4-6-14(19)7-5-13)16-10-15(20-2)8-9-17(16)21-3/h8-10,12-14,18-19H,4-7,11H2,1-3H3. The molecule has 118 valence electrons. The number of methoxy groups -OCH3 is 2. The van der Waals surface area contributed by atoms with Gasteiger partial charge in [-0.1, -0.05) is 0 Å². The maximum absolute atomic E-state index is 9.56. The highest BCUT2D eigenvalue weighted by Gasteiger charge is 2.20. The molecular weight excluding hydrogens is 266 g/mol. The Morgan fingerprint density at radius 2 is 1.90 bits per heavy atom. The van der Waals surface area contributed by atoms with E-state index in [0.717, 1.165) is 49.3 Å². The van der Waals surface area contributed by atoms with E-state index in [-0.39, 0.29) is 12.1 Å². The molecule has 1 aliphatic rings. The summed E-state index contributed by atoms with van der Waals surface area (Å²) in [5.74, 6) is 2.39. The number of benzene rings is 1. The highest BCUT2D eigenvalue weighted by Crippen LogP contribution is 2.30. The van der Waals surface area contributed by atoms with E-state index in [1.807, 2.05) is 18.2 Å². The zero-order chi connectivity index (χ0) is 15.2. The van der Waals surface area contributed by atoms with Crippen LogP contribution in [0.5, 0.6) is 11.5 Å². The van der Waals surface area contributed by atoms with Gasteiger partial charge in [-0.2, -0.15) is 0 Å². The van der Waals surface area contributed by atoms with Crippen molar-refractivity contribution in [2.75, 3.05) is 20.8 Å². The third kappa shape index (κ3) is 4.35. The summed E-state index contributed by atoms with van der Waals surface area (Å²) in [6.45, 7) is 3.13. The summed E-state index contributed by atoms with van der Waals surface area (Å²) in [4.78, 5) is 0. The second-order valence-electron chi connectivity index (χ2n) is 5.91. The van der Waals surface area contributed by atoms with Gasteiger partial charge >= 0.3 is 0 Å². The Labute approximate surface area is 127 Å². The molecule has 0 aliphatic heterocycles. The molecule has 1 aromatic carbocycles. The average Bonchev–Trinajstić information content (AvgIpc) is 2.53. The Bertz CT molecular complexity index is 442. The van der Waals surface area contributed by atoms with Crippen LogP contribution in [0.15, 0.2) is 18.2 Å². The molecule has 0 saturated heterocycles. The number of hydrogen-bond acceptors (Lipinski definition) is 4. The van der Waals surface area contributed by atoms with E-state index in [2.05, 4.69) is 12.2 Å². The lowest BCUT2D eigenvalue weighted by molar-refractivity contribution is 0.107. The summed E-state index contributed by atoms with van der Waals surface area (Å²) in [5.41, 5.74) is 1.12. The molecule has 4 heteroatoms. The minimum Gasteiger partial charge on any atom is -0.497 e. The smallest absolute Gasteiger partial charge is 0.123 e. The third-order valence-corrected chi connectivity index (χ3v) is 4.43. The molecule has 0 amide bonds. The maximum atomic E-state index is 9.56. The summed E-state index contributed by atoms with van der Waals surface area (Å²) in [6, 6.07) is 6.10. The Morgan fingerprint density at radius 3 is 2.52 bits per heavy atom. The third-order valence-electron chi connectivity index (χ3n) is 4.43. The van der Waals surface area contributed by atoms with E-state index < -0.39 is 0 Å². The van der Waals surface area contributed by atoms with Crippen LogP contribution >= 0.6 is 0 Å². The van der Waals surface area contributed by atoms with Crippen LogP contribution in [0.4, 0.5) is 0 Å². The van der Waals surface area contributed by atoms with Crippen LogP contribution in [0.2, 0.25) is 0 Å². The van der Waals surface area contributed by atoms with Gasteiger partial charge in [-0.3, -0.25) is 0 Å². The molecule has 0 aromatic heterocycles. The lowest BCUT2D eigenvalue weighted by atomic mass is 9.87. The minimum absolute atomic E-state index is 0.0860. The first-order chi connectivity index (χ1) is 10.1. The topological polar surface area (TPSA) is 50.7 Å². The fourth-order valence-corrected chi connectivity index (χ4v) is 2.98. The molecule has 1 aromatic rings. The summed E-state index contributed by atoms with van der Waals surface area (Å²) in [5, 5.41) is 13.1. The molecule has 1 atom stereocenters. The van der Waals surface area contributed by atoms with Crippen molar-refractivity contribution in [2.24, 2.45) is 5.92 Å². The molecule has 21 heavy (non-hydrogen) atoms. The van der Waals surface area contributed by atoms with Gasteiger partial charge in [-0.25, -0.2) is 0 Å². The Hall–Kier alpha value is -1.26. The van der Waals surface area contributed by atoms with Crippen molar-refractivity contribution in [3.8, 4) is 11.5 Å². The number of rotatable bonds is 6. The molecule has 1 fully saturated rings. The number of aliphatic hydroxyl groups excluding tert-OH is 1. The largest absolute Gasteiger partial charge is 0.497 e. The highest BCUT2D eigenvalue weighted by atomic mass is 16.5. The number of ether oxygens (including phenoxy) is 2. The van der Waals surface area contributed by atoms with Gasteiger partial charge in [0, 0.05) is 11.6 Å². The van der Waals surface area contributed by atoms with E-state index >= 15 is 0 Å². The van der Waals surface area contributed by atoms with Gasteiger partial charge in [-0.05, 0) is 63.3 Å². The molecule has 4 nitrogen and oxygen atoms in total. The minimum atomic E-state index is -0.0860. The number of aliphatic hydroxyl groups is 1. The van der Waals surface area contributed by atoms with Crippen LogP contribution < -0.4 is 14.8 Å². The first-order valence-corrected chi connectivity index (χ1v) is 7.77. The van der Waals surface area contributed by atoms with Crippen molar-refractivity contribution in [1.29, 1.82) is 0 Å². The van der Waals surface area contributed by atoms with Gasteiger partial charge in [0.15, 0.2) is 0 Å². The van der Waals surface area contributed by atoms with Crippen molar-refractivity contribution in [1.82, 2.24) is 5.32 Å². The van der Waals surface area contributed by atoms with Gasteiger partial charge in [0.1, 0.15) is 11.5 Å². The fraction of sp³-hybridized carbons (Fsp3) is 0.647. The van der Waals surface area contributed by atoms with Gasteiger partial charge in [0.2, 0.25) is 0 Å². The second kappa shape index (κ2) is 7.66. The first kappa shape index (κ1) is 16.1. The molecule has 1 aliphatic carbocycles. The molecule has 0 radical (unpaired) electrons. The van der Waals surface area contributed by atoms with Crippen molar-refractivity contribution in [3.63, 3.8) is 0 Å². The quantitative estimate of drug-likeness (QED) is 0.847. The van der Waals surface area contributed by atoms with Crippen LogP contribution in [0.25, 0.3) is 0 Å². The zero-order valence-corrected chi connectivity index (χ0v) is 13.3. The van der Waals surface area contributed by atoms with Crippen molar-refractivity contribution in [2.45, 2.75) is 44.8 Å². The molecule has 0 heterocycles. The van der Waals surface area contributed by atoms with Crippen molar-refractivity contribution < 1.29 is 14.6 Å². The molecule has 0 bridgehead atoms. The summed E-state index contributed by atoms with van der Waals surface area (Å²) in [6.07, 6.45) is 4.00. The molecule has 2 rings (SSSR count). The van der Waals surface area contributed by atoms with Crippen molar-refractivity contribution >= 4 is 0 Å². The Balaban J connectivity index is 1.94. The molecule has 2 N–H and O–H groups in total. The Morgan fingerprint density at radius 1 is 1.19 bits per heavy atom. The normalized spacial score (nSPS) is 23.6. The molecule has 0 spiro atoms. The number of nitrogens with one attached hydrogen (secondary N) is 1. The molecular formula is C17H27NO3. The highest BCUT2D eigenvalue weighted by molar-refractivity contribution is 5.42. The van der Waals surface area contributed by atoms with Gasteiger partial charge in [0.05, 0.1) is 20.3 Å². The lowest BCUT2D eigenvalue weighted by Gasteiger charge is -2.27. The molecule has 1 saturated carbocycles. The monoisotopic (exact) mass is 293 g/mol. The van der Waals surface area contributed by atoms with E-state index in [4.69, 9.17) is 9.47 Å². The predicted octanol–water partition coefficient (Wildman–Crippen LogP) is 2.91. The van der Waals surface area contributed by atoms with Gasteiger partial charge in [0.25, 0.3) is 0 Å². The van der Waals surface area contributed by atoms with Crippen LogP contribution in [0, 0.1) is 5.92 Å². The van der Waals surface area contributed by atoms with Gasteiger partial charge < -0.3 is 19.9 Å². The SMILES string of the molecule is COc1ccc(OC)c(C(C)NCC2CCC(O)CC2)c1. The van der Waals surface area contributed by atoms with E-state index in [9.17, 15) is 5.11 Å². The van der Waals surface area contributed by atoms with Crippen molar-refractivity contribution in [3.05, 3.63) is 23.8 Å². The van der Waals surface area contributed by atoms with E-state index in [1.54, 1.807) is 14.2 Å². The maximum Gasteiger partial charge on any atom is 0.123 e. The number of hydrogen-bond donors (Lipinski definition) is 2. The summed E-state index contributed by atoms with van der Waals surface area (Å²) in [7, 11) is 3.37. The van der Waals surface area contributed by atoms with E-state index in [1.165, 1.54) is 0 Å². The van der Waals surface area contributed by atoms with Gasteiger partial charge in [-0.15, -0.1) is 0 Å². The summed E-state index contributed by atoms with van der Waals surface area (Å²) < 4.78 is 10.7. The Kier molecular flexibility index (Phi) is 5.88.